The van der Waals surface area contributed by atoms with Gasteiger partial charge in [0.1, 0.15) is 5.82 Å². The minimum absolute atomic E-state index is 0.228. The zero-order valence-corrected chi connectivity index (χ0v) is 8.09. The summed E-state index contributed by atoms with van der Waals surface area (Å²) < 4.78 is 79.1. The minimum Gasteiger partial charge on any atom is -0.357 e. The molecule has 1 aromatic rings. The van der Waals surface area contributed by atoms with Crippen LogP contribution in [0.15, 0.2) is 22.8 Å². The first-order valence-corrected chi connectivity index (χ1v) is 4.33. The molecule has 0 unspecified atom stereocenters. The average molecular weight is 251 g/mol. The van der Waals surface area contributed by atoms with E-state index in [1.54, 1.807) is 0 Å². The first kappa shape index (κ1) is 2.96. The van der Waals surface area contributed by atoms with Crippen LogP contribution in [0.25, 0.3) is 0 Å². The summed E-state index contributed by atoms with van der Waals surface area (Å²) >= 11 is 3.11. The molecule has 3 heteroatoms. The molecule has 2 rings (SSSR count). The number of aromatic nitrogens is 1. The molecule has 13 heavy (non-hydrogen) atoms. The van der Waals surface area contributed by atoms with Crippen LogP contribution in [0.3, 0.4) is 0 Å². The normalized spacial score (nSPS) is 48.2. The molecule has 1 aromatic heterocycles. The van der Waals surface area contributed by atoms with Crippen LogP contribution in [0.2, 0.25) is 0 Å². The van der Waals surface area contributed by atoms with E-state index in [0.29, 0.717) is 4.47 Å². The molecular formula is C10H13BrN2. The molecule has 0 aromatic carbocycles. The first-order chi connectivity index (χ1) is 10.1. The second kappa shape index (κ2) is 4.09. The lowest BCUT2D eigenvalue weighted by atomic mass is 10.1. The highest BCUT2D eigenvalue weighted by Gasteiger charge is 2.11. The van der Waals surface area contributed by atoms with E-state index in [1.807, 2.05) is 0 Å². The monoisotopic (exact) mass is 250 g/mol. The summed E-state index contributed by atoms with van der Waals surface area (Å²) in [4.78, 5) is 4.02. The van der Waals surface area contributed by atoms with Crippen molar-refractivity contribution in [2.75, 3.05) is 17.9 Å². The molecule has 1 saturated heterocycles. The van der Waals surface area contributed by atoms with Crippen molar-refractivity contribution in [1.82, 2.24) is 4.98 Å². The summed E-state index contributed by atoms with van der Waals surface area (Å²) in [6.45, 7) is -6.39. The van der Waals surface area contributed by atoms with E-state index in [1.165, 1.54) is 18.3 Å². The fourth-order valence-electron chi connectivity index (χ4n) is 0.857. The van der Waals surface area contributed by atoms with E-state index in [2.05, 4.69) is 20.9 Å². The molecule has 1 aliphatic heterocycles. The number of pyridine rings is 1. The maximum absolute atomic E-state index is 8.00. The summed E-state index contributed by atoms with van der Waals surface area (Å²) in [5.41, 5.74) is 0. The molecular weight excluding hydrogens is 228 g/mol. The SMILES string of the molecule is [2H]C1([2H])N(c2cc(Br)ccn2)C([2H])([2H])C([2H])([2H])C([2H])([2H])C1([2H])[2H]. The Morgan fingerprint density at radius 3 is 2.85 bits per heavy atom. The summed E-state index contributed by atoms with van der Waals surface area (Å²) in [5, 5.41) is 0. The van der Waals surface area contributed by atoms with Gasteiger partial charge in [-0.05, 0) is 31.3 Å². The average Bonchev–Trinajstić information content (AvgIpc) is 2.36. The van der Waals surface area contributed by atoms with Gasteiger partial charge in [-0.3, -0.25) is 0 Å². The molecule has 2 heterocycles. The van der Waals surface area contributed by atoms with Crippen LogP contribution >= 0.6 is 15.9 Å². The number of rotatable bonds is 1. The fraction of sp³-hybridized carbons (Fsp3) is 0.500. The number of anilines is 1. The van der Waals surface area contributed by atoms with E-state index >= 15 is 0 Å². The highest BCUT2D eigenvalue weighted by molar-refractivity contribution is 9.10. The molecule has 0 saturated carbocycles. The summed E-state index contributed by atoms with van der Waals surface area (Å²) in [6, 6.07) is 2.70. The fourth-order valence-corrected chi connectivity index (χ4v) is 1.18. The van der Waals surface area contributed by atoms with Gasteiger partial charge < -0.3 is 4.90 Å². The lowest BCUT2D eigenvalue weighted by Gasteiger charge is -2.27. The van der Waals surface area contributed by atoms with E-state index in [4.69, 9.17) is 13.7 Å². The topological polar surface area (TPSA) is 16.1 Å². The Hall–Kier alpha value is -0.570. The van der Waals surface area contributed by atoms with Crippen molar-refractivity contribution in [1.29, 1.82) is 0 Å². The second-order valence-electron chi connectivity index (χ2n) is 2.27. The van der Waals surface area contributed by atoms with Gasteiger partial charge in [0, 0.05) is 37.4 Å². The summed E-state index contributed by atoms with van der Waals surface area (Å²) in [5.74, 6) is -0.349. The zero-order valence-electron chi connectivity index (χ0n) is 16.5. The van der Waals surface area contributed by atoms with E-state index in [-0.39, 0.29) is 10.7 Å². The van der Waals surface area contributed by atoms with Gasteiger partial charge >= 0.3 is 0 Å². The molecule has 0 amide bonds. The highest BCUT2D eigenvalue weighted by atomic mass is 79.9. The quantitative estimate of drug-likeness (QED) is 0.763. The Morgan fingerprint density at radius 1 is 1.38 bits per heavy atom. The van der Waals surface area contributed by atoms with Crippen LogP contribution < -0.4 is 4.90 Å². The second-order valence-corrected chi connectivity index (χ2v) is 3.18. The highest BCUT2D eigenvalue weighted by Crippen LogP contribution is 2.20. The van der Waals surface area contributed by atoms with Gasteiger partial charge in [-0.2, -0.15) is 0 Å². The maximum Gasteiger partial charge on any atom is 0.129 e. The molecule has 1 aliphatic rings. The van der Waals surface area contributed by atoms with E-state index in [9.17, 15) is 0 Å². The zero-order chi connectivity index (χ0) is 18.1. The van der Waals surface area contributed by atoms with Gasteiger partial charge in [-0.15, -0.1) is 0 Å². The van der Waals surface area contributed by atoms with Crippen molar-refractivity contribution >= 4 is 21.7 Å². The lowest BCUT2D eigenvalue weighted by molar-refractivity contribution is 0.573. The molecule has 0 atom stereocenters. The van der Waals surface area contributed by atoms with Gasteiger partial charge in [0.2, 0.25) is 0 Å². The summed E-state index contributed by atoms with van der Waals surface area (Å²) in [7, 11) is 0. The third kappa shape index (κ3) is 2.21. The Kier molecular flexibility index (Phi) is 0.931. The van der Waals surface area contributed by atoms with E-state index in [0.717, 1.165) is 0 Å². The Bertz CT molecular complexity index is 602. The molecule has 0 spiro atoms. The van der Waals surface area contributed by atoms with Crippen LogP contribution in [0.1, 0.15) is 32.8 Å². The van der Waals surface area contributed by atoms with E-state index < -0.39 is 32.1 Å². The number of hydrogen-bond acceptors (Lipinski definition) is 2. The predicted molar refractivity (Wildman–Crippen MR) is 58.0 cm³/mol. The Balaban J connectivity index is 2.80. The van der Waals surface area contributed by atoms with Crippen molar-refractivity contribution in [2.45, 2.75) is 19.1 Å². The van der Waals surface area contributed by atoms with Gasteiger partial charge in [0.15, 0.2) is 0 Å². The Morgan fingerprint density at radius 2 is 2.15 bits per heavy atom. The molecule has 0 radical (unpaired) electrons. The van der Waals surface area contributed by atoms with Crippen LogP contribution in [-0.2, 0) is 0 Å². The van der Waals surface area contributed by atoms with Crippen LogP contribution in [0.5, 0.6) is 0 Å². The molecule has 2 nitrogen and oxygen atoms in total. The number of halogens is 1. The Labute approximate surface area is 101 Å². The number of hydrogen-bond donors (Lipinski definition) is 0. The van der Waals surface area contributed by atoms with Gasteiger partial charge in [-0.1, -0.05) is 15.9 Å². The van der Waals surface area contributed by atoms with Crippen molar-refractivity contribution in [3.63, 3.8) is 0 Å². The number of piperidine rings is 1. The molecule has 1 fully saturated rings. The maximum atomic E-state index is 8.00. The number of nitrogens with zero attached hydrogens (tertiary/aromatic N) is 2. The van der Waals surface area contributed by atoms with Gasteiger partial charge in [0.25, 0.3) is 0 Å². The lowest BCUT2D eigenvalue weighted by Crippen LogP contribution is -2.29. The van der Waals surface area contributed by atoms with Crippen LogP contribution in [0, 0.1) is 0 Å². The van der Waals surface area contributed by atoms with Crippen LogP contribution in [0.4, 0.5) is 5.82 Å². The van der Waals surface area contributed by atoms with Crippen molar-refractivity contribution < 1.29 is 13.7 Å². The van der Waals surface area contributed by atoms with Crippen molar-refractivity contribution in [3.8, 4) is 0 Å². The molecule has 0 N–H and O–H groups in total. The van der Waals surface area contributed by atoms with Crippen molar-refractivity contribution in [2.24, 2.45) is 0 Å². The molecule has 0 bridgehead atoms. The largest absolute Gasteiger partial charge is 0.357 e. The first-order valence-electron chi connectivity index (χ1n) is 8.54. The van der Waals surface area contributed by atoms with Crippen LogP contribution in [-0.4, -0.2) is 18.0 Å². The third-order valence-electron chi connectivity index (χ3n) is 1.40. The van der Waals surface area contributed by atoms with Gasteiger partial charge in [-0.25, -0.2) is 4.98 Å². The minimum atomic E-state index is -3.42. The van der Waals surface area contributed by atoms with Crippen molar-refractivity contribution in [3.05, 3.63) is 22.8 Å². The third-order valence-corrected chi connectivity index (χ3v) is 1.89. The molecule has 70 valence electrons. The smallest absolute Gasteiger partial charge is 0.129 e. The molecule has 0 aliphatic carbocycles. The standard InChI is InChI=1S/C10H13BrN2/c11-9-4-5-12-10(8-9)13-6-2-1-3-7-13/h4-5,8H,1-3,6-7H2/i1D2,2D2,3D2,6D2,7D2. The predicted octanol–water partition coefficient (Wildman–Crippen LogP) is 2.83. The summed E-state index contributed by atoms with van der Waals surface area (Å²) in [6.07, 6.45) is -8.90. The van der Waals surface area contributed by atoms with Gasteiger partial charge in [0.05, 0.1) is 0 Å².